The van der Waals surface area contributed by atoms with Gasteiger partial charge in [0.1, 0.15) is 12.1 Å². The molecule has 2 aliphatic rings. The van der Waals surface area contributed by atoms with Crippen molar-refractivity contribution in [1.29, 1.82) is 0 Å². The van der Waals surface area contributed by atoms with E-state index in [4.69, 9.17) is 9.47 Å². The minimum Gasteiger partial charge on any atom is -0.493 e. The standard InChI is InChI=1S/C17H18N4O3/c1-23-13-7-6-10(8-14(13)24-2)16-15-11(4-3-5-12(15)22)20-17-18-9-19-21(16)17/h4,6-9,15-16H,3,5H2,1-2H3,(H,18,19,20). The Morgan fingerprint density at radius 3 is 2.88 bits per heavy atom. The quantitative estimate of drug-likeness (QED) is 0.931. The van der Waals surface area contributed by atoms with Crippen molar-refractivity contribution in [2.24, 2.45) is 5.92 Å². The fraction of sp³-hybridized carbons (Fsp3) is 0.353. The first-order chi connectivity index (χ1) is 11.7. The molecule has 2 unspecified atom stereocenters. The van der Waals surface area contributed by atoms with Gasteiger partial charge in [0.15, 0.2) is 11.5 Å². The zero-order valence-corrected chi connectivity index (χ0v) is 13.5. The average Bonchev–Trinajstić information content (AvgIpc) is 3.07. The number of anilines is 1. The molecule has 0 bridgehead atoms. The molecule has 0 fully saturated rings. The highest BCUT2D eigenvalue weighted by atomic mass is 16.5. The third-order valence-corrected chi connectivity index (χ3v) is 4.59. The summed E-state index contributed by atoms with van der Waals surface area (Å²) in [5.74, 6) is 1.85. The molecule has 1 aromatic heterocycles. The molecular formula is C17H18N4O3. The van der Waals surface area contributed by atoms with Gasteiger partial charge in [-0.25, -0.2) is 4.68 Å². The van der Waals surface area contributed by atoms with Crippen LogP contribution in [0.3, 0.4) is 0 Å². The second-order valence-electron chi connectivity index (χ2n) is 5.85. The minimum absolute atomic E-state index is 0.209. The van der Waals surface area contributed by atoms with Gasteiger partial charge >= 0.3 is 0 Å². The molecule has 1 aliphatic heterocycles. The third-order valence-electron chi connectivity index (χ3n) is 4.59. The molecule has 7 heteroatoms. The van der Waals surface area contributed by atoms with E-state index in [0.29, 0.717) is 23.9 Å². The van der Waals surface area contributed by atoms with Gasteiger partial charge in [0, 0.05) is 12.1 Å². The van der Waals surface area contributed by atoms with E-state index in [1.165, 1.54) is 6.33 Å². The number of rotatable bonds is 3. The molecule has 1 N–H and O–H groups in total. The predicted octanol–water partition coefficient (Wildman–Crippen LogP) is 2.17. The number of hydrogen-bond acceptors (Lipinski definition) is 6. The molecule has 7 nitrogen and oxygen atoms in total. The molecule has 24 heavy (non-hydrogen) atoms. The molecule has 1 aromatic carbocycles. The number of nitrogens with zero attached hydrogens (tertiary/aromatic N) is 3. The van der Waals surface area contributed by atoms with Crippen LogP contribution in [-0.2, 0) is 4.79 Å². The SMILES string of the molecule is COc1ccc(C2C3C(=O)CCC=C3Nc3ncnn32)cc1OC. The van der Waals surface area contributed by atoms with Gasteiger partial charge in [0.05, 0.1) is 26.2 Å². The number of benzene rings is 1. The summed E-state index contributed by atoms with van der Waals surface area (Å²) >= 11 is 0. The molecular weight excluding hydrogens is 308 g/mol. The Hall–Kier alpha value is -2.83. The van der Waals surface area contributed by atoms with Gasteiger partial charge in [-0.1, -0.05) is 12.1 Å². The lowest BCUT2D eigenvalue weighted by Crippen LogP contribution is -2.38. The number of methoxy groups -OCH3 is 2. The number of carbonyl (C=O) groups excluding carboxylic acids is 1. The van der Waals surface area contributed by atoms with Crippen LogP contribution in [0.2, 0.25) is 0 Å². The van der Waals surface area contributed by atoms with E-state index in [0.717, 1.165) is 17.7 Å². The summed E-state index contributed by atoms with van der Waals surface area (Å²) in [5.41, 5.74) is 1.85. The zero-order valence-electron chi connectivity index (χ0n) is 13.5. The van der Waals surface area contributed by atoms with Gasteiger partial charge in [-0.05, 0) is 24.1 Å². The van der Waals surface area contributed by atoms with E-state index in [1.807, 2.05) is 18.2 Å². The van der Waals surface area contributed by atoms with Gasteiger partial charge in [-0.2, -0.15) is 10.1 Å². The third kappa shape index (κ3) is 2.16. The van der Waals surface area contributed by atoms with Gasteiger partial charge in [-0.15, -0.1) is 0 Å². The van der Waals surface area contributed by atoms with E-state index in [1.54, 1.807) is 18.9 Å². The summed E-state index contributed by atoms with van der Waals surface area (Å²) < 4.78 is 12.5. The van der Waals surface area contributed by atoms with Crippen LogP contribution in [0, 0.1) is 5.92 Å². The van der Waals surface area contributed by atoms with E-state index >= 15 is 0 Å². The van der Waals surface area contributed by atoms with E-state index in [2.05, 4.69) is 21.5 Å². The van der Waals surface area contributed by atoms with Gasteiger partial charge in [0.2, 0.25) is 5.95 Å². The molecule has 0 spiro atoms. The van der Waals surface area contributed by atoms with E-state index < -0.39 is 0 Å². The Kier molecular flexibility index (Phi) is 3.48. The van der Waals surface area contributed by atoms with Crippen LogP contribution in [0.15, 0.2) is 36.3 Å². The maximum absolute atomic E-state index is 12.6. The number of nitrogens with one attached hydrogen (secondary N) is 1. The summed E-state index contributed by atoms with van der Waals surface area (Å²) in [5, 5.41) is 7.56. The van der Waals surface area contributed by atoms with Crippen LogP contribution in [0.1, 0.15) is 24.4 Å². The van der Waals surface area contributed by atoms with Crippen LogP contribution in [0.4, 0.5) is 5.95 Å². The van der Waals surface area contributed by atoms with Crippen molar-refractivity contribution < 1.29 is 14.3 Å². The predicted molar refractivity (Wildman–Crippen MR) is 87.1 cm³/mol. The van der Waals surface area contributed by atoms with Gasteiger partial charge in [-0.3, -0.25) is 4.79 Å². The molecule has 0 radical (unpaired) electrons. The highest BCUT2D eigenvalue weighted by Crippen LogP contribution is 2.42. The Labute approximate surface area is 139 Å². The van der Waals surface area contributed by atoms with Crippen molar-refractivity contribution in [3.8, 4) is 11.5 Å². The number of ketones is 1. The van der Waals surface area contributed by atoms with Crippen molar-refractivity contribution in [2.75, 3.05) is 19.5 Å². The number of carbonyl (C=O) groups is 1. The lowest BCUT2D eigenvalue weighted by Gasteiger charge is -2.36. The van der Waals surface area contributed by atoms with Crippen molar-refractivity contribution in [3.63, 3.8) is 0 Å². The molecule has 0 saturated carbocycles. The zero-order chi connectivity index (χ0) is 16.7. The number of hydrogen-bond donors (Lipinski definition) is 1. The number of aromatic nitrogens is 3. The summed E-state index contributed by atoms with van der Waals surface area (Å²) in [6, 6.07) is 5.45. The summed E-state index contributed by atoms with van der Waals surface area (Å²) in [6.07, 6.45) is 4.88. The average molecular weight is 326 g/mol. The number of ether oxygens (including phenoxy) is 2. The van der Waals surface area contributed by atoms with Gasteiger partial charge in [0.25, 0.3) is 0 Å². The number of Topliss-reactive ketones (excluding diaryl/α,β-unsaturated/α-hetero) is 1. The molecule has 2 heterocycles. The highest BCUT2D eigenvalue weighted by molar-refractivity contribution is 5.87. The first-order valence-electron chi connectivity index (χ1n) is 7.84. The fourth-order valence-electron chi connectivity index (χ4n) is 3.48. The van der Waals surface area contributed by atoms with Crippen LogP contribution < -0.4 is 14.8 Å². The molecule has 2 aromatic rings. The molecule has 1 aliphatic carbocycles. The van der Waals surface area contributed by atoms with Crippen molar-refractivity contribution in [2.45, 2.75) is 18.9 Å². The van der Waals surface area contributed by atoms with Crippen molar-refractivity contribution in [3.05, 3.63) is 41.9 Å². The smallest absolute Gasteiger partial charge is 0.226 e. The van der Waals surface area contributed by atoms with Crippen molar-refractivity contribution >= 4 is 11.7 Å². The van der Waals surface area contributed by atoms with Crippen LogP contribution in [-0.4, -0.2) is 34.8 Å². The second-order valence-corrected chi connectivity index (χ2v) is 5.85. The maximum atomic E-state index is 12.6. The maximum Gasteiger partial charge on any atom is 0.226 e. The number of allylic oxidation sites excluding steroid dienone is 2. The Morgan fingerprint density at radius 2 is 2.08 bits per heavy atom. The molecule has 124 valence electrons. The Balaban J connectivity index is 1.87. The van der Waals surface area contributed by atoms with Crippen LogP contribution >= 0.6 is 0 Å². The minimum atomic E-state index is -0.286. The normalized spacial score (nSPS) is 22.1. The first kappa shape index (κ1) is 14.7. The number of fused-ring (bicyclic) bond motifs is 2. The highest BCUT2D eigenvalue weighted by Gasteiger charge is 2.41. The van der Waals surface area contributed by atoms with Crippen LogP contribution in [0.5, 0.6) is 11.5 Å². The van der Waals surface area contributed by atoms with Gasteiger partial charge < -0.3 is 14.8 Å². The first-order valence-corrected chi connectivity index (χ1v) is 7.84. The fourth-order valence-corrected chi connectivity index (χ4v) is 3.48. The lowest BCUT2D eigenvalue weighted by molar-refractivity contribution is -0.123. The summed E-state index contributed by atoms with van der Waals surface area (Å²) in [4.78, 5) is 16.9. The molecule has 2 atom stereocenters. The lowest BCUT2D eigenvalue weighted by atomic mass is 9.81. The molecule has 0 saturated heterocycles. The van der Waals surface area contributed by atoms with E-state index in [9.17, 15) is 4.79 Å². The Morgan fingerprint density at radius 1 is 1.25 bits per heavy atom. The molecule has 0 amide bonds. The summed E-state index contributed by atoms with van der Waals surface area (Å²) in [6.45, 7) is 0. The Bertz CT molecular complexity index is 827. The monoisotopic (exact) mass is 326 g/mol. The van der Waals surface area contributed by atoms with Crippen LogP contribution in [0.25, 0.3) is 0 Å². The summed E-state index contributed by atoms with van der Waals surface area (Å²) in [7, 11) is 3.20. The van der Waals surface area contributed by atoms with E-state index in [-0.39, 0.29) is 17.7 Å². The second kappa shape index (κ2) is 5.67. The largest absolute Gasteiger partial charge is 0.493 e. The topological polar surface area (TPSA) is 78.3 Å². The van der Waals surface area contributed by atoms with Crippen molar-refractivity contribution in [1.82, 2.24) is 14.8 Å². The molecule has 4 rings (SSSR count).